The van der Waals surface area contributed by atoms with Crippen LogP contribution in [0.2, 0.25) is 0 Å². The molecule has 1 aliphatic heterocycles. The van der Waals surface area contributed by atoms with E-state index in [0.717, 1.165) is 63.4 Å². The molecule has 0 atom stereocenters. The van der Waals surface area contributed by atoms with Gasteiger partial charge >= 0.3 is 0 Å². The molecule has 0 radical (unpaired) electrons. The zero-order valence-electron chi connectivity index (χ0n) is 13.9. The maximum Gasteiger partial charge on any atom is 0.243 e. The highest BCUT2D eigenvalue weighted by Crippen LogP contribution is 2.24. The van der Waals surface area contributed by atoms with E-state index >= 15 is 0 Å². The van der Waals surface area contributed by atoms with Gasteiger partial charge in [-0.2, -0.15) is 0 Å². The summed E-state index contributed by atoms with van der Waals surface area (Å²) in [6, 6.07) is 7.78. The smallest absolute Gasteiger partial charge is 0.243 e. The molecule has 0 bridgehead atoms. The fourth-order valence-corrected chi connectivity index (χ4v) is 3.28. The van der Waals surface area contributed by atoms with E-state index in [-0.39, 0.29) is 24.3 Å². The van der Waals surface area contributed by atoms with Gasteiger partial charge in [-0.05, 0) is 37.1 Å². The lowest BCUT2D eigenvalue weighted by Gasteiger charge is -2.28. The van der Waals surface area contributed by atoms with Gasteiger partial charge in [0.1, 0.15) is 0 Å². The van der Waals surface area contributed by atoms with E-state index in [1.54, 1.807) is 0 Å². The topological polar surface area (TPSA) is 70.7 Å². The van der Waals surface area contributed by atoms with E-state index < -0.39 is 0 Å². The number of hydrogen-bond acceptors (Lipinski definition) is 4. The minimum absolute atomic E-state index is 0.00492. The van der Waals surface area contributed by atoms with Gasteiger partial charge in [0.2, 0.25) is 11.8 Å². The molecule has 1 aliphatic carbocycles. The molecule has 6 nitrogen and oxygen atoms in total. The third kappa shape index (κ3) is 4.47. The van der Waals surface area contributed by atoms with Crippen LogP contribution in [0, 0.1) is 5.92 Å². The van der Waals surface area contributed by atoms with Gasteiger partial charge in [-0.1, -0.05) is 12.8 Å². The van der Waals surface area contributed by atoms with E-state index in [2.05, 4.69) is 15.5 Å². The number of nitrogens with one attached hydrogen (secondary N) is 2. The zero-order chi connectivity index (χ0) is 16.8. The van der Waals surface area contributed by atoms with Crippen molar-refractivity contribution in [2.75, 3.05) is 43.1 Å². The first-order valence-corrected chi connectivity index (χ1v) is 8.73. The highest BCUT2D eigenvalue weighted by molar-refractivity contribution is 5.94. The van der Waals surface area contributed by atoms with Gasteiger partial charge in [0.25, 0.3) is 0 Å². The SMILES string of the molecule is O=C(CNC(=O)C1CCCC1)Nc1ccc(N2CCOCC2)cc1. The van der Waals surface area contributed by atoms with Crippen LogP contribution in [-0.2, 0) is 14.3 Å². The van der Waals surface area contributed by atoms with Crippen LogP contribution in [0.4, 0.5) is 11.4 Å². The summed E-state index contributed by atoms with van der Waals surface area (Å²) in [5.74, 6) is -0.101. The summed E-state index contributed by atoms with van der Waals surface area (Å²) < 4.78 is 5.35. The van der Waals surface area contributed by atoms with Crippen LogP contribution in [0.25, 0.3) is 0 Å². The lowest BCUT2D eigenvalue weighted by Crippen LogP contribution is -2.36. The number of carbonyl (C=O) groups excluding carboxylic acids is 2. The molecule has 2 fully saturated rings. The Morgan fingerprint density at radius 1 is 1.08 bits per heavy atom. The third-order valence-electron chi connectivity index (χ3n) is 4.68. The molecule has 1 saturated carbocycles. The van der Waals surface area contributed by atoms with Crippen LogP contribution >= 0.6 is 0 Å². The molecule has 1 saturated heterocycles. The van der Waals surface area contributed by atoms with Crippen LogP contribution in [0.3, 0.4) is 0 Å². The molecule has 3 rings (SSSR count). The van der Waals surface area contributed by atoms with Crippen LogP contribution in [0.5, 0.6) is 0 Å². The molecule has 0 unspecified atom stereocenters. The summed E-state index contributed by atoms with van der Waals surface area (Å²) in [6.07, 6.45) is 4.10. The summed E-state index contributed by atoms with van der Waals surface area (Å²) in [5, 5.41) is 5.56. The van der Waals surface area contributed by atoms with Crippen LogP contribution in [0.1, 0.15) is 25.7 Å². The Labute approximate surface area is 142 Å². The second kappa shape index (κ2) is 8.15. The summed E-state index contributed by atoms with van der Waals surface area (Å²) in [7, 11) is 0. The normalized spacial score (nSPS) is 18.4. The number of morpholine rings is 1. The van der Waals surface area contributed by atoms with Crippen molar-refractivity contribution in [3.05, 3.63) is 24.3 Å². The summed E-state index contributed by atoms with van der Waals surface area (Å²) >= 11 is 0. The third-order valence-corrected chi connectivity index (χ3v) is 4.68. The highest BCUT2D eigenvalue weighted by atomic mass is 16.5. The predicted octanol–water partition coefficient (Wildman–Crippen LogP) is 1.77. The zero-order valence-corrected chi connectivity index (χ0v) is 13.9. The number of anilines is 2. The molecular weight excluding hydrogens is 306 g/mol. The van der Waals surface area contributed by atoms with Gasteiger partial charge in [-0.3, -0.25) is 9.59 Å². The summed E-state index contributed by atoms with van der Waals surface area (Å²) in [5.41, 5.74) is 1.87. The second-order valence-electron chi connectivity index (χ2n) is 6.39. The number of hydrogen-bond donors (Lipinski definition) is 2. The average molecular weight is 331 g/mol. The first-order valence-electron chi connectivity index (χ1n) is 8.73. The Balaban J connectivity index is 1.44. The molecular formula is C18H25N3O3. The van der Waals surface area contributed by atoms with Gasteiger partial charge in [0, 0.05) is 30.4 Å². The highest BCUT2D eigenvalue weighted by Gasteiger charge is 2.22. The standard InChI is InChI=1S/C18H25N3O3/c22-17(13-19-18(23)14-3-1-2-4-14)20-15-5-7-16(8-6-15)21-9-11-24-12-10-21/h5-8,14H,1-4,9-13H2,(H,19,23)(H,20,22). The Morgan fingerprint density at radius 3 is 2.42 bits per heavy atom. The molecule has 1 aromatic rings. The molecule has 6 heteroatoms. The molecule has 2 N–H and O–H groups in total. The lowest BCUT2D eigenvalue weighted by molar-refractivity contribution is -0.127. The Morgan fingerprint density at radius 2 is 1.75 bits per heavy atom. The second-order valence-corrected chi connectivity index (χ2v) is 6.39. The maximum atomic E-state index is 12.0. The molecule has 1 aromatic carbocycles. The lowest BCUT2D eigenvalue weighted by atomic mass is 10.1. The van der Waals surface area contributed by atoms with Crippen molar-refractivity contribution in [2.45, 2.75) is 25.7 Å². The molecule has 130 valence electrons. The Hall–Kier alpha value is -2.08. The Kier molecular flexibility index (Phi) is 5.69. The first-order chi connectivity index (χ1) is 11.7. The number of ether oxygens (including phenoxy) is 1. The fourth-order valence-electron chi connectivity index (χ4n) is 3.28. The van der Waals surface area contributed by atoms with E-state index in [1.807, 2.05) is 24.3 Å². The van der Waals surface area contributed by atoms with Crippen molar-refractivity contribution in [2.24, 2.45) is 5.92 Å². The van der Waals surface area contributed by atoms with E-state index in [0.29, 0.717) is 0 Å². The number of amides is 2. The fraction of sp³-hybridized carbons (Fsp3) is 0.556. The van der Waals surface area contributed by atoms with Gasteiger partial charge in [-0.25, -0.2) is 0 Å². The molecule has 2 amide bonds. The van der Waals surface area contributed by atoms with Gasteiger partial charge in [0.15, 0.2) is 0 Å². The van der Waals surface area contributed by atoms with Crippen LogP contribution in [0.15, 0.2) is 24.3 Å². The molecule has 24 heavy (non-hydrogen) atoms. The van der Waals surface area contributed by atoms with Crippen molar-refractivity contribution < 1.29 is 14.3 Å². The van der Waals surface area contributed by atoms with Gasteiger partial charge in [-0.15, -0.1) is 0 Å². The minimum Gasteiger partial charge on any atom is -0.378 e. The summed E-state index contributed by atoms with van der Waals surface area (Å²) in [4.78, 5) is 26.1. The quantitative estimate of drug-likeness (QED) is 0.863. The van der Waals surface area contributed by atoms with Gasteiger partial charge in [0.05, 0.1) is 19.8 Å². The number of nitrogens with zero attached hydrogens (tertiary/aromatic N) is 1. The molecule has 1 heterocycles. The maximum absolute atomic E-state index is 12.0. The molecule has 2 aliphatic rings. The average Bonchev–Trinajstić information content (AvgIpc) is 3.16. The van der Waals surface area contributed by atoms with Crippen molar-refractivity contribution >= 4 is 23.2 Å². The molecule has 0 aromatic heterocycles. The van der Waals surface area contributed by atoms with E-state index in [4.69, 9.17) is 4.74 Å². The van der Waals surface area contributed by atoms with Crippen molar-refractivity contribution in [1.82, 2.24) is 5.32 Å². The predicted molar refractivity (Wildman–Crippen MR) is 93.1 cm³/mol. The van der Waals surface area contributed by atoms with Crippen LogP contribution in [-0.4, -0.2) is 44.7 Å². The number of rotatable bonds is 5. The Bertz CT molecular complexity index is 561. The van der Waals surface area contributed by atoms with E-state index in [1.165, 1.54) is 0 Å². The first kappa shape index (κ1) is 16.8. The number of carbonyl (C=O) groups is 2. The molecule has 0 spiro atoms. The summed E-state index contributed by atoms with van der Waals surface area (Å²) in [6.45, 7) is 3.30. The van der Waals surface area contributed by atoms with Crippen molar-refractivity contribution in [3.8, 4) is 0 Å². The monoisotopic (exact) mass is 331 g/mol. The minimum atomic E-state index is -0.194. The largest absolute Gasteiger partial charge is 0.378 e. The van der Waals surface area contributed by atoms with Gasteiger partial charge < -0.3 is 20.3 Å². The van der Waals surface area contributed by atoms with E-state index in [9.17, 15) is 9.59 Å². The van der Waals surface area contributed by atoms with Crippen LogP contribution < -0.4 is 15.5 Å². The van der Waals surface area contributed by atoms with Crippen molar-refractivity contribution in [1.29, 1.82) is 0 Å². The number of benzene rings is 1. The van der Waals surface area contributed by atoms with Crippen molar-refractivity contribution in [3.63, 3.8) is 0 Å².